The first-order valence-corrected chi connectivity index (χ1v) is 10.7. The van der Waals surface area contributed by atoms with Crippen LogP contribution in [-0.2, 0) is 4.74 Å². The van der Waals surface area contributed by atoms with Crippen molar-refractivity contribution in [3.05, 3.63) is 41.7 Å². The van der Waals surface area contributed by atoms with Gasteiger partial charge in [0.2, 0.25) is 0 Å². The van der Waals surface area contributed by atoms with E-state index in [9.17, 15) is 24.9 Å². The minimum Gasteiger partial charge on any atom is -0.503 e. The third-order valence-corrected chi connectivity index (χ3v) is 6.78. The summed E-state index contributed by atoms with van der Waals surface area (Å²) >= 11 is 0. The van der Waals surface area contributed by atoms with E-state index >= 15 is 0 Å². The number of benzene rings is 1. The number of aromatic carboxylic acids is 1. The molecule has 1 saturated heterocycles. The highest BCUT2D eigenvalue weighted by atomic mass is 16.6. The molecule has 2 aliphatic rings. The number of nitrogens with two attached hydrogens (primary N) is 1. The van der Waals surface area contributed by atoms with Crippen LogP contribution in [0.25, 0.3) is 22.0 Å². The van der Waals surface area contributed by atoms with E-state index in [1.54, 1.807) is 17.0 Å². The summed E-state index contributed by atoms with van der Waals surface area (Å²) in [7, 11) is 0. The second-order valence-electron chi connectivity index (χ2n) is 8.88. The minimum atomic E-state index is -1.19. The summed E-state index contributed by atoms with van der Waals surface area (Å²) < 4.78 is 5.71. The van der Waals surface area contributed by atoms with Gasteiger partial charge >= 0.3 is 12.1 Å². The lowest BCUT2D eigenvalue weighted by Gasteiger charge is -2.42. The van der Waals surface area contributed by atoms with Crippen molar-refractivity contribution < 1.29 is 29.6 Å². The zero-order chi connectivity index (χ0) is 23.5. The number of fused-ring (bicyclic) bond motifs is 1. The number of carbonyl (C=O) groups is 2. The van der Waals surface area contributed by atoms with Crippen LogP contribution in [0.4, 0.5) is 4.79 Å². The third-order valence-electron chi connectivity index (χ3n) is 6.78. The van der Waals surface area contributed by atoms with E-state index in [4.69, 9.17) is 10.5 Å². The molecule has 1 atom stereocenters. The summed E-state index contributed by atoms with van der Waals surface area (Å²) in [6, 6.07) is 6.27. The van der Waals surface area contributed by atoms with Gasteiger partial charge in [0.05, 0.1) is 18.1 Å². The molecule has 10 nitrogen and oxygen atoms in total. The van der Waals surface area contributed by atoms with E-state index in [1.165, 1.54) is 12.3 Å². The van der Waals surface area contributed by atoms with Crippen molar-refractivity contribution in [2.45, 2.75) is 31.4 Å². The van der Waals surface area contributed by atoms with Crippen LogP contribution in [0, 0.1) is 5.92 Å². The van der Waals surface area contributed by atoms with Crippen molar-refractivity contribution >= 4 is 23.0 Å². The molecule has 6 N–H and O–H groups in total. The molecule has 0 unspecified atom stereocenters. The van der Waals surface area contributed by atoms with Crippen LogP contribution in [0.3, 0.4) is 0 Å². The fraction of sp³-hybridized carbons (Fsp3) is 0.348. The van der Waals surface area contributed by atoms with Crippen LogP contribution in [0.1, 0.15) is 41.9 Å². The van der Waals surface area contributed by atoms with Crippen molar-refractivity contribution in [1.29, 1.82) is 0 Å². The molecule has 172 valence electrons. The van der Waals surface area contributed by atoms with Gasteiger partial charge in [0.1, 0.15) is 11.3 Å². The SMILES string of the molecule is C[C@@H](c1cccc2c(-c3cnc(O)c(O)c3)c(C(=O)O)[nH]c12)N1CC2(CC(CN)C2)OC1=O. The van der Waals surface area contributed by atoms with Gasteiger partial charge in [-0.25, -0.2) is 14.6 Å². The molecule has 2 aromatic heterocycles. The van der Waals surface area contributed by atoms with E-state index in [0.29, 0.717) is 41.0 Å². The maximum absolute atomic E-state index is 12.7. The lowest BCUT2D eigenvalue weighted by Crippen LogP contribution is -2.49. The summed E-state index contributed by atoms with van der Waals surface area (Å²) in [5.41, 5.74) is 7.12. The third kappa shape index (κ3) is 3.25. The fourth-order valence-corrected chi connectivity index (χ4v) is 5.12. The molecule has 3 heterocycles. The Morgan fingerprint density at radius 2 is 2.15 bits per heavy atom. The Hall–Kier alpha value is -3.79. The molecule has 1 aliphatic heterocycles. The molecule has 2 fully saturated rings. The average molecular weight is 452 g/mol. The smallest absolute Gasteiger partial charge is 0.411 e. The minimum absolute atomic E-state index is 0.0817. The Morgan fingerprint density at radius 1 is 1.39 bits per heavy atom. The van der Waals surface area contributed by atoms with Crippen LogP contribution >= 0.6 is 0 Å². The Bertz CT molecular complexity index is 1280. The fourth-order valence-electron chi connectivity index (χ4n) is 5.12. The molecule has 1 aromatic carbocycles. The number of aromatic nitrogens is 2. The number of aromatic amines is 1. The predicted molar refractivity (Wildman–Crippen MR) is 118 cm³/mol. The monoisotopic (exact) mass is 452 g/mol. The number of hydrogen-bond acceptors (Lipinski definition) is 7. The first kappa shape index (κ1) is 21.1. The van der Waals surface area contributed by atoms with Crippen molar-refractivity contribution in [2.24, 2.45) is 11.7 Å². The average Bonchev–Trinajstić information content (AvgIpc) is 3.32. The first-order chi connectivity index (χ1) is 15.7. The predicted octanol–water partition coefficient (Wildman–Crippen LogP) is 2.96. The molecule has 33 heavy (non-hydrogen) atoms. The van der Waals surface area contributed by atoms with Gasteiger partial charge in [-0.1, -0.05) is 18.2 Å². The molecular weight excluding hydrogens is 428 g/mol. The van der Waals surface area contributed by atoms with Gasteiger partial charge in [0, 0.05) is 22.7 Å². The number of hydrogen-bond donors (Lipinski definition) is 5. The maximum Gasteiger partial charge on any atom is 0.411 e. The first-order valence-electron chi connectivity index (χ1n) is 10.7. The Kier molecular flexibility index (Phi) is 4.71. The largest absolute Gasteiger partial charge is 0.503 e. The van der Waals surface area contributed by atoms with Crippen LogP contribution < -0.4 is 5.73 Å². The maximum atomic E-state index is 12.7. The lowest BCUT2D eigenvalue weighted by molar-refractivity contribution is -0.0439. The van der Waals surface area contributed by atoms with Gasteiger partial charge in [-0.15, -0.1) is 0 Å². The molecule has 0 radical (unpaired) electrons. The van der Waals surface area contributed by atoms with Gasteiger partial charge in [-0.3, -0.25) is 4.90 Å². The second kappa shape index (κ2) is 7.38. The molecular formula is C23H24N4O6. The van der Waals surface area contributed by atoms with E-state index in [1.807, 2.05) is 13.0 Å². The van der Waals surface area contributed by atoms with E-state index in [2.05, 4.69) is 9.97 Å². The molecule has 1 saturated carbocycles. The van der Waals surface area contributed by atoms with Gasteiger partial charge in [-0.2, -0.15) is 0 Å². The number of aromatic hydroxyl groups is 2. The zero-order valence-electron chi connectivity index (χ0n) is 17.9. The number of carboxylic acids is 1. The summed E-state index contributed by atoms with van der Waals surface area (Å²) in [5, 5.41) is 29.9. The van der Waals surface area contributed by atoms with Crippen LogP contribution in [-0.4, -0.2) is 60.9 Å². The number of nitrogens with one attached hydrogen (secondary N) is 1. The van der Waals surface area contributed by atoms with E-state index in [-0.39, 0.29) is 11.7 Å². The van der Waals surface area contributed by atoms with Crippen molar-refractivity contribution in [3.63, 3.8) is 0 Å². The van der Waals surface area contributed by atoms with Crippen LogP contribution in [0.15, 0.2) is 30.5 Å². The van der Waals surface area contributed by atoms with E-state index in [0.717, 1.165) is 18.4 Å². The molecule has 10 heteroatoms. The Labute approximate surface area is 188 Å². The zero-order valence-corrected chi connectivity index (χ0v) is 17.9. The number of H-pyrrole nitrogens is 1. The van der Waals surface area contributed by atoms with Crippen LogP contribution in [0.2, 0.25) is 0 Å². The topological polar surface area (TPSA) is 162 Å². The standard InChI is InChI=1S/C23H24N4O6/c1-11(27-10-23(33-22(27)32)6-12(7-23)8-24)14-3-2-4-15-17(19(21(30)31)26-18(14)15)13-5-16(28)20(29)25-9-13/h2-5,9,11-12,26,28H,6-8,10,24H2,1H3,(H,25,29)(H,30,31)/t11-,12?,23?/m0/s1. The summed E-state index contributed by atoms with van der Waals surface area (Å²) in [5.74, 6) is -1.83. The molecule has 3 aromatic rings. The number of para-hydroxylation sites is 1. The number of ether oxygens (including phenoxy) is 1. The summed E-state index contributed by atoms with van der Waals surface area (Å²) in [6.45, 7) is 2.90. The summed E-state index contributed by atoms with van der Waals surface area (Å²) in [6.07, 6.45) is 2.39. The normalized spacial score (nSPS) is 23.0. The number of amides is 1. The van der Waals surface area contributed by atoms with Crippen molar-refractivity contribution in [2.75, 3.05) is 13.1 Å². The number of rotatable bonds is 5. The highest BCUT2D eigenvalue weighted by Crippen LogP contribution is 2.47. The Balaban J connectivity index is 1.57. The number of pyridine rings is 1. The van der Waals surface area contributed by atoms with Gasteiger partial charge in [-0.05, 0) is 43.9 Å². The number of nitrogens with zero attached hydrogens (tertiary/aromatic N) is 2. The molecule has 1 spiro atoms. The van der Waals surface area contributed by atoms with Crippen molar-refractivity contribution in [1.82, 2.24) is 14.9 Å². The number of carbonyl (C=O) groups excluding carboxylic acids is 1. The molecule has 0 bridgehead atoms. The quantitative estimate of drug-likeness (QED) is 0.395. The second-order valence-corrected chi connectivity index (χ2v) is 8.88. The molecule has 5 rings (SSSR count). The Morgan fingerprint density at radius 3 is 2.82 bits per heavy atom. The lowest BCUT2D eigenvalue weighted by atomic mass is 9.71. The highest BCUT2D eigenvalue weighted by molar-refractivity contribution is 6.08. The van der Waals surface area contributed by atoms with Crippen molar-refractivity contribution in [3.8, 4) is 22.8 Å². The number of carboxylic acid groups (broad SMARTS) is 1. The van der Waals surface area contributed by atoms with E-state index < -0.39 is 29.3 Å². The van der Waals surface area contributed by atoms with Gasteiger partial charge < -0.3 is 30.8 Å². The molecule has 1 aliphatic carbocycles. The van der Waals surface area contributed by atoms with Crippen LogP contribution in [0.5, 0.6) is 11.6 Å². The summed E-state index contributed by atoms with van der Waals surface area (Å²) in [4.78, 5) is 33.1. The highest BCUT2D eigenvalue weighted by Gasteiger charge is 2.54. The van der Waals surface area contributed by atoms with Gasteiger partial charge in [0.15, 0.2) is 5.75 Å². The molecule has 1 amide bonds. The van der Waals surface area contributed by atoms with Gasteiger partial charge in [0.25, 0.3) is 5.88 Å².